The first-order valence-electron chi connectivity index (χ1n) is 11.4. The minimum Gasteiger partial charge on any atom is -0.353 e. The van der Waals surface area contributed by atoms with Gasteiger partial charge in [0.25, 0.3) is 0 Å². The number of amides is 1. The van der Waals surface area contributed by atoms with Gasteiger partial charge in [-0.2, -0.15) is 0 Å². The molecule has 2 saturated carbocycles. The van der Waals surface area contributed by atoms with Crippen LogP contribution in [0.25, 0.3) is 10.9 Å². The normalized spacial score (nSPS) is 26.8. The average molecular weight is 432 g/mol. The minimum absolute atomic E-state index is 0.0342. The average Bonchev–Trinajstić information content (AvgIpc) is 3.61. The second kappa shape index (κ2) is 7.52. The van der Waals surface area contributed by atoms with Crippen LogP contribution in [0.1, 0.15) is 43.6 Å². The fraction of sp³-hybridized carbons (Fsp3) is 0.385. The Morgan fingerprint density at radius 2 is 1.81 bits per heavy atom. The number of anilines is 2. The summed E-state index contributed by atoms with van der Waals surface area (Å²) in [5.41, 5.74) is 3.01. The summed E-state index contributed by atoms with van der Waals surface area (Å²) >= 11 is 5.97. The number of aromatic nitrogens is 1. The quantitative estimate of drug-likeness (QED) is 0.550. The van der Waals surface area contributed by atoms with Crippen molar-refractivity contribution >= 4 is 39.9 Å². The monoisotopic (exact) mass is 431 g/mol. The molecule has 2 saturated heterocycles. The molecular formula is C26H26ClN3O. The van der Waals surface area contributed by atoms with Crippen molar-refractivity contribution in [3.8, 4) is 0 Å². The maximum absolute atomic E-state index is 12.7. The molecule has 1 aromatic heterocycles. The third-order valence-electron chi connectivity index (χ3n) is 7.37. The first-order valence-corrected chi connectivity index (χ1v) is 11.8. The van der Waals surface area contributed by atoms with Crippen LogP contribution >= 0.6 is 11.6 Å². The molecule has 4 nitrogen and oxygen atoms in total. The van der Waals surface area contributed by atoms with Gasteiger partial charge < -0.3 is 10.2 Å². The van der Waals surface area contributed by atoms with Crippen molar-refractivity contribution < 1.29 is 4.79 Å². The highest BCUT2D eigenvalue weighted by Crippen LogP contribution is 2.48. The standard InChI is InChI=1S/C26H26ClN3O/c27-19-6-3-17(4-7-19)22-14-23(22)26(31)28-20-8-11-24-18(13-20)5-12-25(29-24)30-15-16-1-9-21(30)10-2-16/h3-8,11-13,16,21-23H,1-2,9-10,14-15H2,(H,28,31)/t16?,21?,22-,23-/m0/s1. The Morgan fingerprint density at radius 1 is 1.00 bits per heavy atom. The summed E-state index contributed by atoms with van der Waals surface area (Å²) in [4.78, 5) is 20.2. The SMILES string of the molecule is O=C(Nc1ccc2nc(N3CC4CCC3CC4)ccc2c1)[C@H]1C[C@H]1c1ccc(Cl)cc1. The molecule has 0 unspecified atom stereocenters. The Labute approximate surface area is 187 Å². The fourth-order valence-electron chi connectivity index (χ4n) is 5.50. The van der Waals surface area contributed by atoms with Gasteiger partial charge in [-0.1, -0.05) is 23.7 Å². The number of rotatable bonds is 4. The van der Waals surface area contributed by atoms with E-state index in [0.717, 1.165) is 46.3 Å². The molecule has 158 valence electrons. The van der Waals surface area contributed by atoms with Crippen molar-refractivity contribution in [3.05, 3.63) is 65.2 Å². The molecule has 2 aliphatic carbocycles. The minimum atomic E-state index is 0.0342. The summed E-state index contributed by atoms with van der Waals surface area (Å²) in [7, 11) is 0. The van der Waals surface area contributed by atoms with E-state index < -0.39 is 0 Å². The molecule has 0 radical (unpaired) electrons. The number of piperidine rings is 2. The Hall–Kier alpha value is -2.59. The predicted octanol–water partition coefficient (Wildman–Crippen LogP) is 6.01. The fourth-order valence-corrected chi connectivity index (χ4v) is 5.62. The van der Waals surface area contributed by atoms with E-state index in [1.165, 1.54) is 31.2 Å². The van der Waals surface area contributed by atoms with Crippen LogP contribution in [0.15, 0.2) is 54.6 Å². The summed E-state index contributed by atoms with van der Waals surface area (Å²) in [5.74, 6) is 2.35. The van der Waals surface area contributed by atoms with Crippen molar-refractivity contribution in [3.63, 3.8) is 0 Å². The zero-order chi connectivity index (χ0) is 20.9. The molecule has 2 atom stereocenters. The van der Waals surface area contributed by atoms with Gasteiger partial charge in [-0.05, 0) is 92.0 Å². The topological polar surface area (TPSA) is 45.2 Å². The van der Waals surface area contributed by atoms with Crippen LogP contribution in [0, 0.1) is 11.8 Å². The number of carbonyl (C=O) groups excluding carboxylic acids is 1. The third kappa shape index (κ3) is 3.67. The molecule has 31 heavy (non-hydrogen) atoms. The Morgan fingerprint density at radius 3 is 2.55 bits per heavy atom. The van der Waals surface area contributed by atoms with Crippen LogP contribution in [0.3, 0.4) is 0 Å². The molecule has 1 amide bonds. The number of hydrogen-bond acceptors (Lipinski definition) is 3. The zero-order valence-corrected chi connectivity index (χ0v) is 18.2. The van der Waals surface area contributed by atoms with E-state index in [1.54, 1.807) is 0 Å². The van der Waals surface area contributed by atoms with E-state index >= 15 is 0 Å². The van der Waals surface area contributed by atoms with Crippen LogP contribution in [0.5, 0.6) is 0 Å². The summed E-state index contributed by atoms with van der Waals surface area (Å²) in [6.07, 6.45) is 6.24. The lowest BCUT2D eigenvalue weighted by Gasteiger charge is -2.46. The van der Waals surface area contributed by atoms with Crippen LogP contribution in [0.2, 0.25) is 5.02 Å². The lowest BCUT2D eigenvalue weighted by Crippen LogP contribution is -2.48. The third-order valence-corrected chi connectivity index (χ3v) is 7.63. The van der Waals surface area contributed by atoms with E-state index in [1.807, 2.05) is 42.5 Å². The van der Waals surface area contributed by atoms with Gasteiger partial charge in [0.05, 0.1) is 5.52 Å². The van der Waals surface area contributed by atoms with Crippen LogP contribution < -0.4 is 10.2 Å². The van der Waals surface area contributed by atoms with Crippen LogP contribution in [0.4, 0.5) is 11.5 Å². The van der Waals surface area contributed by atoms with E-state index in [9.17, 15) is 4.79 Å². The van der Waals surface area contributed by atoms with Crippen molar-refractivity contribution in [1.82, 2.24) is 4.98 Å². The van der Waals surface area contributed by atoms with Crippen molar-refractivity contribution in [2.45, 2.75) is 44.1 Å². The van der Waals surface area contributed by atoms with Gasteiger partial charge in [-0.15, -0.1) is 0 Å². The largest absolute Gasteiger partial charge is 0.353 e. The number of nitrogens with one attached hydrogen (secondary N) is 1. The number of hydrogen-bond donors (Lipinski definition) is 1. The van der Waals surface area contributed by atoms with Crippen molar-refractivity contribution in [2.75, 3.05) is 16.8 Å². The molecule has 7 rings (SSSR count). The Bertz CT molecular complexity index is 1140. The highest BCUT2D eigenvalue weighted by Gasteiger charge is 2.43. The van der Waals surface area contributed by atoms with Gasteiger partial charge in [0.15, 0.2) is 0 Å². The zero-order valence-electron chi connectivity index (χ0n) is 17.4. The number of benzene rings is 2. The molecule has 4 aliphatic rings. The first kappa shape index (κ1) is 19.1. The van der Waals surface area contributed by atoms with E-state index in [4.69, 9.17) is 16.6 Å². The molecule has 4 fully saturated rings. The van der Waals surface area contributed by atoms with Gasteiger partial charge >= 0.3 is 0 Å². The number of pyridine rings is 1. The van der Waals surface area contributed by atoms with Gasteiger partial charge in [0.1, 0.15) is 5.82 Å². The molecule has 5 heteroatoms. The van der Waals surface area contributed by atoms with Gasteiger partial charge in [0.2, 0.25) is 5.91 Å². The highest BCUT2D eigenvalue weighted by atomic mass is 35.5. The molecule has 3 heterocycles. The lowest BCUT2D eigenvalue weighted by molar-refractivity contribution is -0.117. The van der Waals surface area contributed by atoms with Crippen LogP contribution in [-0.2, 0) is 4.79 Å². The maximum atomic E-state index is 12.7. The van der Waals surface area contributed by atoms with E-state index in [2.05, 4.69) is 22.3 Å². The number of carbonyl (C=O) groups is 1. The number of fused-ring (bicyclic) bond motifs is 4. The molecule has 0 spiro atoms. The van der Waals surface area contributed by atoms with Gasteiger partial charge in [0, 0.05) is 34.6 Å². The van der Waals surface area contributed by atoms with Gasteiger partial charge in [-0.25, -0.2) is 4.98 Å². The second-order valence-electron chi connectivity index (χ2n) is 9.39. The highest BCUT2D eigenvalue weighted by molar-refractivity contribution is 6.30. The molecule has 1 N–H and O–H groups in total. The van der Waals surface area contributed by atoms with Crippen molar-refractivity contribution in [1.29, 1.82) is 0 Å². The van der Waals surface area contributed by atoms with E-state index in [0.29, 0.717) is 12.0 Å². The Balaban J connectivity index is 1.15. The number of halogens is 1. The first-order chi connectivity index (χ1) is 15.1. The Kier molecular flexibility index (Phi) is 4.64. The summed E-state index contributed by atoms with van der Waals surface area (Å²) in [6, 6.07) is 18.8. The summed E-state index contributed by atoms with van der Waals surface area (Å²) in [5, 5.41) is 4.90. The van der Waals surface area contributed by atoms with E-state index in [-0.39, 0.29) is 11.8 Å². The number of nitrogens with zero attached hydrogens (tertiary/aromatic N) is 2. The molecule has 2 bridgehead atoms. The van der Waals surface area contributed by atoms with Crippen LogP contribution in [-0.4, -0.2) is 23.5 Å². The van der Waals surface area contributed by atoms with Gasteiger partial charge in [-0.3, -0.25) is 4.79 Å². The predicted molar refractivity (Wildman–Crippen MR) is 126 cm³/mol. The second-order valence-corrected chi connectivity index (χ2v) is 9.83. The summed E-state index contributed by atoms with van der Waals surface area (Å²) in [6.45, 7) is 1.15. The van der Waals surface area contributed by atoms with Crippen molar-refractivity contribution in [2.24, 2.45) is 11.8 Å². The molecular weight excluding hydrogens is 406 g/mol. The lowest BCUT2D eigenvalue weighted by atomic mass is 9.80. The summed E-state index contributed by atoms with van der Waals surface area (Å²) < 4.78 is 0. The maximum Gasteiger partial charge on any atom is 0.228 e. The molecule has 2 aliphatic heterocycles. The molecule has 3 aromatic rings. The molecule has 2 aromatic carbocycles. The smallest absolute Gasteiger partial charge is 0.228 e.